The number of nitrogens with zero attached hydrogens (tertiary/aromatic N) is 4. The Morgan fingerprint density at radius 2 is 1.91 bits per heavy atom. The van der Waals surface area contributed by atoms with E-state index in [1.165, 1.54) is 0 Å². The summed E-state index contributed by atoms with van der Waals surface area (Å²) in [6.45, 7) is 6.04. The van der Waals surface area contributed by atoms with E-state index < -0.39 is 0 Å². The average Bonchev–Trinajstić information content (AvgIpc) is 3.02. The van der Waals surface area contributed by atoms with E-state index in [0.29, 0.717) is 18.7 Å². The van der Waals surface area contributed by atoms with Crippen LogP contribution in [0.25, 0.3) is 11.0 Å². The number of benzene rings is 2. The molecule has 0 atom stereocenters. The summed E-state index contributed by atoms with van der Waals surface area (Å²) in [5, 5.41) is 8.23. The number of aryl methyl sites for hydroxylation is 1. The summed E-state index contributed by atoms with van der Waals surface area (Å²) in [4.78, 5) is 14.6. The van der Waals surface area contributed by atoms with Gasteiger partial charge in [0.15, 0.2) is 0 Å². The zero-order chi connectivity index (χ0) is 16.2. The predicted octanol–water partition coefficient (Wildman–Crippen LogP) is 3.11. The first-order chi connectivity index (χ1) is 11.2. The maximum absolute atomic E-state index is 12.8. The summed E-state index contributed by atoms with van der Waals surface area (Å²) >= 11 is 0. The summed E-state index contributed by atoms with van der Waals surface area (Å²) in [6, 6.07) is 15.6. The molecule has 5 nitrogen and oxygen atoms in total. The van der Waals surface area contributed by atoms with Gasteiger partial charge in [0.25, 0.3) is 5.91 Å². The van der Waals surface area contributed by atoms with Crippen molar-refractivity contribution in [1.29, 1.82) is 0 Å². The maximum Gasteiger partial charge on any atom is 0.254 e. The minimum absolute atomic E-state index is 0.0179. The van der Waals surface area contributed by atoms with Gasteiger partial charge in [-0.1, -0.05) is 35.5 Å². The molecule has 23 heavy (non-hydrogen) atoms. The summed E-state index contributed by atoms with van der Waals surface area (Å²) in [5.74, 6) is 0.0179. The number of aromatic nitrogens is 3. The molecule has 0 saturated carbocycles. The van der Waals surface area contributed by atoms with Crippen LogP contribution >= 0.6 is 0 Å². The fourth-order valence-corrected chi connectivity index (χ4v) is 2.65. The molecule has 0 aliphatic rings. The minimum atomic E-state index is 0.0179. The third-order valence-electron chi connectivity index (χ3n) is 3.95. The maximum atomic E-state index is 12.8. The number of hydrogen-bond acceptors (Lipinski definition) is 3. The van der Waals surface area contributed by atoms with Crippen molar-refractivity contribution < 1.29 is 4.79 Å². The van der Waals surface area contributed by atoms with E-state index in [4.69, 9.17) is 0 Å². The Kier molecular flexibility index (Phi) is 4.37. The van der Waals surface area contributed by atoms with Gasteiger partial charge < -0.3 is 4.90 Å². The molecule has 1 aromatic heterocycles. The van der Waals surface area contributed by atoms with Gasteiger partial charge in [0.2, 0.25) is 0 Å². The molecule has 0 saturated heterocycles. The van der Waals surface area contributed by atoms with Crippen LogP contribution in [0.2, 0.25) is 0 Å². The summed E-state index contributed by atoms with van der Waals surface area (Å²) in [7, 11) is 0. The molecule has 0 spiro atoms. The third-order valence-corrected chi connectivity index (χ3v) is 3.95. The highest BCUT2D eigenvalue weighted by atomic mass is 16.2. The van der Waals surface area contributed by atoms with Gasteiger partial charge >= 0.3 is 0 Å². The molecule has 0 unspecified atom stereocenters. The second kappa shape index (κ2) is 6.60. The number of amides is 1. The lowest BCUT2D eigenvalue weighted by atomic mass is 10.1. The average molecular weight is 308 g/mol. The van der Waals surface area contributed by atoms with Crippen LogP contribution in [0.5, 0.6) is 0 Å². The topological polar surface area (TPSA) is 51.0 Å². The van der Waals surface area contributed by atoms with E-state index in [-0.39, 0.29) is 5.91 Å². The second-order valence-corrected chi connectivity index (χ2v) is 5.41. The molecular weight excluding hydrogens is 288 g/mol. The van der Waals surface area contributed by atoms with Gasteiger partial charge in [-0.3, -0.25) is 4.79 Å². The van der Waals surface area contributed by atoms with Crippen LogP contribution in [0.3, 0.4) is 0 Å². The van der Waals surface area contributed by atoms with E-state index >= 15 is 0 Å². The van der Waals surface area contributed by atoms with Gasteiger partial charge in [-0.15, -0.1) is 5.10 Å². The first-order valence-electron chi connectivity index (χ1n) is 7.89. The number of fused-ring (bicyclic) bond motifs is 1. The van der Waals surface area contributed by atoms with Crippen LogP contribution in [0.15, 0.2) is 48.5 Å². The van der Waals surface area contributed by atoms with Crippen LogP contribution in [0.1, 0.15) is 29.8 Å². The van der Waals surface area contributed by atoms with Gasteiger partial charge in [0.05, 0.1) is 5.52 Å². The molecule has 0 radical (unpaired) electrons. The lowest BCUT2D eigenvalue weighted by molar-refractivity contribution is 0.0752. The van der Waals surface area contributed by atoms with Crippen molar-refractivity contribution in [2.75, 3.05) is 6.54 Å². The Bertz CT molecular complexity index is 810. The van der Waals surface area contributed by atoms with Gasteiger partial charge in [0, 0.05) is 25.2 Å². The van der Waals surface area contributed by atoms with Crippen LogP contribution in [0, 0.1) is 0 Å². The van der Waals surface area contributed by atoms with Crippen LogP contribution in [-0.2, 0) is 13.1 Å². The monoisotopic (exact) mass is 308 g/mol. The van der Waals surface area contributed by atoms with Crippen LogP contribution < -0.4 is 0 Å². The highest BCUT2D eigenvalue weighted by Gasteiger charge is 2.16. The van der Waals surface area contributed by atoms with E-state index in [0.717, 1.165) is 23.1 Å². The van der Waals surface area contributed by atoms with Crippen molar-refractivity contribution in [2.24, 2.45) is 0 Å². The van der Waals surface area contributed by atoms with Crippen molar-refractivity contribution in [1.82, 2.24) is 19.9 Å². The number of hydrogen-bond donors (Lipinski definition) is 0. The first-order valence-corrected chi connectivity index (χ1v) is 7.89. The molecule has 5 heteroatoms. The molecule has 0 aliphatic carbocycles. The fraction of sp³-hybridized carbons (Fsp3) is 0.278. The van der Waals surface area contributed by atoms with Crippen molar-refractivity contribution in [3.8, 4) is 0 Å². The smallest absolute Gasteiger partial charge is 0.254 e. The summed E-state index contributed by atoms with van der Waals surface area (Å²) < 4.78 is 1.82. The van der Waals surface area contributed by atoms with Gasteiger partial charge in [-0.2, -0.15) is 0 Å². The normalized spacial score (nSPS) is 10.9. The van der Waals surface area contributed by atoms with E-state index in [2.05, 4.69) is 10.3 Å². The molecule has 2 aromatic carbocycles. The number of rotatable bonds is 5. The quantitative estimate of drug-likeness (QED) is 0.727. The van der Waals surface area contributed by atoms with E-state index in [1.54, 1.807) is 0 Å². The van der Waals surface area contributed by atoms with E-state index in [1.807, 2.05) is 72.0 Å². The first kappa shape index (κ1) is 15.2. The van der Waals surface area contributed by atoms with Gasteiger partial charge in [-0.25, -0.2) is 4.68 Å². The van der Waals surface area contributed by atoms with Crippen LogP contribution in [0.4, 0.5) is 0 Å². The third kappa shape index (κ3) is 3.08. The summed E-state index contributed by atoms with van der Waals surface area (Å²) in [5.41, 5.74) is 3.49. The Morgan fingerprint density at radius 1 is 1.13 bits per heavy atom. The Balaban J connectivity index is 1.85. The van der Waals surface area contributed by atoms with Crippen molar-refractivity contribution >= 4 is 16.9 Å². The lowest BCUT2D eigenvalue weighted by Gasteiger charge is -2.21. The predicted molar refractivity (Wildman–Crippen MR) is 90.1 cm³/mol. The number of carbonyl (C=O) groups excluding carboxylic acids is 1. The second-order valence-electron chi connectivity index (χ2n) is 5.41. The molecule has 0 aliphatic heterocycles. The number of carbonyl (C=O) groups is 1. The zero-order valence-corrected chi connectivity index (χ0v) is 13.4. The fourth-order valence-electron chi connectivity index (χ4n) is 2.65. The molecule has 3 aromatic rings. The highest BCUT2D eigenvalue weighted by molar-refractivity contribution is 5.97. The van der Waals surface area contributed by atoms with Crippen molar-refractivity contribution in [3.63, 3.8) is 0 Å². The highest BCUT2D eigenvalue weighted by Crippen LogP contribution is 2.16. The molecule has 1 heterocycles. The van der Waals surface area contributed by atoms with Crippen LogP contribution in [-0.4, -0.2) is 32.3 Å². The molecule has 0 fully saturated rings. The Morgan fingerprint density at radius 3 is 2.61 bits per heavy atom. The van der Waals surface area contributed by atoms with E-state index in [9.17, 15) is 4.79 Å². The summed E-state index contributed by atoms with van der Waals surface area (Å²) in [6.07, 6.45) is 0. The Labute approximate surface area is 135 Å². The molecular formula is C18H20N4O. The van der Waals surface area contributed by atoms with Crippen molar-refractivity contribution in [3.05, 3.63) is 59.7 Å². The molecule has 0 bridgehead atoms. The largest absolute Gasteiger partial charge is 0.335 e. The van der Waals surface area contributed by atoms with Gasteiger partial charge in [-0.05, 0) is 37.6 Å². The molecule has 118 valence electrons. The Hall–Kier alpha value is -2.69. The molecule has 0 N–H and O–H groups in total. The minimum Gasteiger partial charge on any atom is -0.335 e. The zero-order valence-electron chi connectivity index (χ0n) is 13.4. The standard InChI is InChI=1S/C18H20N4O/c1-3-21(13-14-8-6-5-7-9-14)18(23)15-10-11-17-16(12-15)19-20-22(17)4-2/h5-12H,3-4,13H2,1-2H3. The SMILES string of the molecule is CCN(Cc1ccccc1)C(=O)c1ccc2c(c1)nnn2CC. The lowest BCUT2D eigenvalue weighted by Crippen LogP contribution is -2.30. The van der Waals surface area contributed by atoms with Crippen molar-refractivity contribution in [2.45, 2.75) is 26.9 Å². The molecule has 3 rings (SSSR count). The van der Waals surface area contributed by atoms with Gasteiger partial charge in [0.1, 0.15) is 5.52 Å². The molecule has 1 amide bonds.